The van der Waals surface area contributed by atoms with Crippen molar-refractivity contribution >= 4 is 44.9 Å². The number of likely N-dealkylation sites (tertiary alicyclic amines) is 1. The van der Waals surface area contributed by atoms with Crippen LogP contribution < -0.4 is 20.7 Å². The van der Waals surface area contributed by atoms with E-state index >= 15 is 4.39 Å². The van der Waals surface area contributed by atoms with E-state index in [1.807, 2.05) is 17.7 Å². The predicted octanol–water partition coefficient (Wildman–Crippen LogP) is 4.84. The molecule has 3 N–H and O–H groups in total. The number of aromatic nitrogens is 3. The van der Waals surface area contributed by atoms with Gasteiger partial charge in [0.2, 0.25) is 0 Å². The molecule has 2 aromatic heterocycles. The Hall–Kier alpha value is -3.65. The van der Waals surface area contributed by atoms with Crippen LogP contribution in [0, 0.1) is 17.1 Å². The average molecular weight is 589 g/mol. The van der Waals surface area contributed by atoms with Crippen LogP contribution >= 0.6 is 11.6 Å². The molecule has 3 fully saturated rings. The van der Waals surface area contributed by atoms with Gasteiger partial charge in [0, 0.05) is 65.8 Å². The summed E-state index contributed by atoms with van der Waals surface area (Å²) in [7, 11) is 3.95. The molecule has 0 aliphatic carbocycles. The minimum absolute atomic E-state index is 0.143. The number of piperazine rings is 1. The number of nitrogens with two attached hydrogens (primary N) is 1. The highest BCUT2D eigenvalue weighted by Gasteiger charge is 2.37. The van der Waals surface area contributed by atoms with Gasteiger partial charge in [-0.25, -0.2) is 4.39 Å². The van der Waals surface area contributed by atoms with E-state index in [0.717, 1.165) is 50.8 Å². The van der Waals surface area contributed by atoms with Crippen molar-refractivity contribution in [2.45, 2.75) is 50.2 Å². The van der Waals surface area contributed by atoms with Crippen LogP contribution in [0.4, 0.5) is 15.9 Å². The predicted molar refractivity (Wildman–Crippen MR) is 163 cm³/mol. The molecule has 3 atom stereocenters. The molecule has 42 heavy (non-hydrogen) atoms. The highest BCUT2D eigenvalue weighted by atomic mass is 35.5. The zero-order chi connectivity index (χ0) is 29.3. The van der Waals surface area contributed by atoms with Crippen LogP contribution in [0.15, 0.2) is 24.4 Å². The number of hydrogen-bond donors (Lipinski definition) is 2. The van der Waals surface area contributed by atoms with Crippen LogP contribution in [0.3, 0.4) is 0 Å². The lowest BCUT2D eigenvalue weighted by Crippen LogP contribution is -2.51. The number of nitrogens with one attached hydrogen (secondary N) is 1. The fraction of sp³-hybridized carbons (Fsp3) is 0.452. The number of halogens is 2. The normalized spacial score (nSPS) is 24.1. The van der Waals surface area contributed by atoms with Crippen LogP contribution in [0.5, 0.6) is 6.01 Å². The maximum Gasteiger partial charge on any atom is 0.319 e. The van der Waals surface area contributed by atoms with Crippen LogP contribution in [0.1, 0.15) is 38.2 Å². The van der Waals surface area contributed by atoms with Crippen molar-refractivity contribution in [2.75, 3.05) is 43.9 Å². The topological polar surface area (TPSA) is 108 Å². The largest absolute Gasteiger partial charge is 0.461 e. The van der Waals surface area contributed by atoms with Gasteiger partial charge in [-0.05, 0) is 64.4 Å². The molecule has 9 nitrogen and oxygen atoms in total. The summed E-state index contributed by atoms with van der Waals surface area (Å²) < 4.78 is 25.0. The van der Waals surface area contributed by atoms with E-state index < -0.39 is 5.82 Å². The number of aryl methyl sites for hydroxylation is 1. The number of benzene rings is 2. The van der Waals surface area contributed by atoms with Crippen LogP contribution in [0.2, 0.25) is 5.02 Å². The minimum Gasteiger partial charge on any atom is -0.461 e. The number of fused-ring (bicyclic) bond motifs is 4. The van der Waals surface area contributed by atoms with Gasteiger partial charge in [-0.2, -0.15) is 15.2 Å². The van der Waals surface area contributed by atoms with Crippen molar-refractivity contribution in [1.82, 2.24) is 24.8 Å². The van der Waals surface area contributed by atoms with Crippen molar-refractivity contribution < 1.29 is 9.13 Å². The van der Waals surface area contributed by atoms with Crippen LogP contribution in [0.25, 0.3) is 32.9 Å². The standard InChI is InChI=1S/C31H34ClFN8O/c1-31(9-4-10-40(31)3)16-42-30-37-28-19(29(38-30)41-13-17-5-6-18(14-41)36-17)11-22(32)26(27(28)33)21-15-39(2)24-8-7-23(35)20(12-34)25(21)24/h7-8,11,15,17-18,36H,4-6,9-10,13-14,16,35H2,1-3H3/t17?,18?,31-/m0/s1. The first-order chi connectivity index (χ1) is 20.2. The fourth-order valence-corrected chi connectivity index (χ4v) is 7.35. The van der Waals surface area contributed by atoms with Crippen molar-refractivity contribution in [3.05, 3.63) is 40.8 Å². The SMILES string of the molecule is CN1CCC[C@@]1(C)COc1nc(N2CC3CCC(C2)N3)c2cc(Cl)c(-c3cn(C)c4ccc(N)c(C#N)c34)c(F)c2n1. The number of ether oxygens (including phenoxy) is 1. The van der Waals surface area contributed by atoms with E-state index in [1.165, 1.54) is 0 Å². The summed E-state index contributed by atoms with van der Waals surface area (Å²) in [4.78, 5) is 14.0. The second kappa shape index (κ2) is 9.97. The van der Waals surface area contributed by atoms with Gasteiger partial charge >= 0.3 is 6.01 Å². The summed E-state index contributed by atoms with van der Waals surface area (Å²) in [6, 6.07) is 8.33. The first-order valence-corrected chi connectivity index (χ1v) is 14.9. The second-order valence-electron chi connectivity index (χ2n) is 12.3. The number of hydrogen-bond acceptors (Lipinski definition) is 8. The molecule has 0 spiro atoms. The molecule has 7 rings (SSSR count). The molecule has 0 saturated carbocycles. The number of nitrogen functional groups attached to an aromatic ring is 1. The maximum absolute atomic E-state index is 16.9. The molecular formula is C31H34ClFN8O. The number of rotatable bonds is 5. The Morgan fingerprint density at radius 3 is 2.69 bits per heavy atom. The van der Waals surface area contributed by atoms with Crippen molar-refractivity contribution in [2.24, 2.45) is 7.05 Å². The highest BCUT2D eigenvalue weighted by Crippen LogP contribution is 2.43. The lowest BCUT2D eigenvalue weighted by atomic mass is 9.98. The summed E-state index contributed by atoms with van der Waals surface area (Å²) in [5, 5.41) is 14.9. The summed E-state index contributed by atoms with van der Waals surface area (Å²) in [5.41, 5.74) is 8.20. The van der Waals surface area contributed by atoms with Gasteiger partial charge < -0.3 is 25.3 Å². The monoisotopic (exact) mass is 588 g/mol. The van der Waals surface area contributed by atoms with E-state index in [9.17, 15) is 5.26 Å². The summed E-state index contributed by atoms with van der Waals surface area (Å²) in [6.45, 7) is 5.10. The van der Waals surface area contributed by atoms with Gasteiger partial charge in [0.15, 0.2) is 5.82 Å². The molecule has 2 bridgehead atoms. The first kappa shape index (κ1) is 27.2. The van der Waals surface area contributed by atoms with Crippen molar-refractivity contribution in [3.63, 3.8) is 0 Å². The molecule has 0 amide bonds. The Morgan fingerprint density at radius 1 is 1.24 bits per heavy atom. The number of nitrogens with zero attached hydrogens (tertiary/aromatic N) is 6. The molecule has 4 aromatic rings. The van der Waals surface area contributed by atoms with Gasteiger partial charge in [-0.15, -0.1) is 0 Å². The lowest BCUT2D eigenvalue weighted by molar-refractivity contribution is 0.108. The molecular weight excluding hydrogens is 555 g/mol. The van der Waals surface area contributed by atoms with Gasteiger partial charge in [-0.1, -0.05) is 11.6 Å². The number of likely N-dealkylation sites (N-methyl/N-ethyl adjacent to an activating group) is 1. The maximum atomic E-state index is 16.9. The van der Waals surface area contributed by atoms with Crippen LogP contribution in [-0.2, 0) is 7.05 Å². The Balaban J connectivity index is 1.41. The molecule has 3 saturated heterocycles. The Morgan fingerprint density at radius 2 is 2.00 bits per heavy atom. The zero-order valence-corrected chi connectivity index (χ0v) is 24.8. The van der Waals surface area contributed by atoms with Gasteiger partial charge in [-0.3, -0.25) is 4.90 Å². The third kappa shape index (κ3) is 4.25. The van der Waals surface area contributed by atoms with E-state index in [4.69, 9.17) is 27.1 Å². The summed E-state index contributed by atoms with van der Waals surface area (Å²) >= 11 is 6.90. The van der Waals surface area contributed by atoms with E-state index in [1.54, 1.807) is 18.3 Å². The first-order valence-electron chi connectivity index (χ1n) is 14.5. The molecule has 2 aromatic carbocycles. The van der Waals surface area contributed by atoms with Gasteiger partial charge in [0.1, 0.15) is 24.0 Å². The summed E-state index contributed by atoms with van der Waals surface area (Å²) in [6.07, 6.45) is 6.09. The Kier molecular flexibility index (Phi) is 6.46. The second-order valence-corrected chi connectivity index (χ2v) is 12.7. The number of anilines is 2. The lowest BCUT2D eigenvalue weighted by Gasteiger charge is -2.35. The molecule has 218 valence electrons. The third-order valence-electron chi connectivity index (χ3n) is 9.57. The smallest absolute Gasteiger partial charge is 0.319 e. The Bertz CT molecular complexity index is 1770. The summed E-state index contributed by atoms with van der Waals surface area (Å²) in [5.74, 6) is 0.0534. The molecule has 11 heteroatoms. The fourth-order valence-electron chi connectivity index (χ4n) is 7.05. The van der Waals surface area contributed by atoms with Crippen LogP contribution in [-0.4, -0.2) is 70.3 Å². The van der Waals surface area contributed by atoms with E-state index in [-0.39, 0.29) is 33.2 Å². The van der Waals surface area contributed by atoms with Gasteiger partial charge in [0.25, 0.3) is 0 Å². The van der Waals surface area contributed by atoms with Gasteiger partial charge in [0.05, 0.1) is 21.8 Å². The Labute approximate surface area is 249 Å². The molecule has 3 aliphatic heterocycles. The third-order valence-corrected chi connectivity index (χ3v) is 9.87. The number of nitriles is 1. The molecule has 2 unspecified atom stereocenters. The molecule has 0 radical (unpaired) electrons. The quantitative estimate of drug-likeness (QED) is 0.319. The molecule has 3 aliphatic rings. The minimum atomic E-state index is -0.577. The van der Waals surface area contributed by atoms with E-state index in [0.29, 0.717) is 46.5 Å². The highest BCUT2D eigenvalue weighted by molar-refractivity contribution is 6.35. The zero-order valence-electron chi connectivity index (χ0n) is 24.0. The molecule has 5 heterocycles. The average Bonchev–Trinajstić information content (AvgIpc) is 3.60. The van der Waals surface area contributed by atoms with E-state index in [2.05, 4.69) is 40.1 Å². The van der Waals surface area contributed by atoms with Crippen molar-refractivity contribution in [1.29, 1.82) is 5.26 Å². The van der Waals surface area contributed by atoms with Crippen molar-refractivity contribution in [3.8, 4) is 23.2 Å².